The molecule has 0 bridgehead atoms. The summed E-state index contributed by atoms with van der Waals surface area (Å²) in [6, 6.07) is 0. The van der Waals surface area contributed by atoms with Gasteiger partial charge in [0, 0.05) is 25.7 Å². The molecule has 528 valence electrons. The molecule has 0 spiro atoms. The Hall–Kier alpha value is -1.94. The maximum atomic E-state index is 13.0. The first-order valence-corrected chi connectivity index (χ1v) is 39.5. The van der Waals surface area contributed by atoms with Crippen molar-refractivity contribution in [3.05, 3.63) is 0 Å². The Bertz CT molecular complexity index is 1730. The highest BCUT2D eigenvalue weighted by Crippen LogP contribution is 2.45. The summed E-state index contributed by atoms with van der Waals surface area (Å²) in [7, 11) is -9.90. The van der Waals surface area contributed by atoms with Crippen LogP contribution in [-0.2, 0) is 65.4 Å². The SMILES string of the molecule is CCCCCCCCCCCCCCCCC(=O)O[C@H](COC(=O)CCCCCCCCCCCC(C)C)COP(=O)(O)OC[C@@H](O)COP(=O)(O)OC[C@@H](COC(=O)CCCCCCCCCCCCC)OC(=O)CCCCCCCCCCCC(C)C. The normalized spacial score (nSPS) is 14.1. The van der Waals surface area contributed by atoms with Crippen LogP contribution in [0.2, 0.25) is 0 Å². The van der Waals surface area contributed by atoms with Crippen LogP contribution in [-0.4, -0.2) is 96.7 Å². The fraction of sp³-hybridized carbons (Fsp3) is 0.943. The molecule has 0 saturated carbocycles. The van der Waals surface area contributed by atoms with Crippen molar-refractivity contribution < 1.29 is 80.2 Å². The molecule has 0 saturated heterocycles. The Morgan fingerprint density at radius 3 is 0.764 bits per heavy atom. The number of rotatable bonds is 69. The number of hydrogen-bond acceptors (Lipinski definition) is 15. The van der Waals surface area contributed by atoms with E-state index in [0.717, 1.165) is 102 Å². The number of aliphatic hydroxyl groups excluding tert-OH is 1. The molecule has 5 atom stereocenters. The van der Waals surface area contributed by atoms with Gasteiger partial charge in [-0.15, -0.1) is 0 Å². The molecule has 0 aliphatic carbocycles. The minimum absolute atomic E-state index is 0.105. The van der Waals surface area contributed by atoms with Crippen LogP contribution in [0.15, 0.2) is 0 Å². The van der Waals surface area contributed by atoms with Gasteiger partial charge < -0.3 is 33.8 Å². The summed E-state index contributed by atoms with van der Waals surface area (Å²) in [5.41, 5.74) is 0. The van der Waals surface area contributed by atoms with Crippen LogP contribution in [0.4, 0.5) is 0 Å². The lowest BCUT2D eigenvalue weighted by atomic mass is 10.0. The number of unbranched alkanes of at least 4 members (excludes halogenated alkanes) is 39. The van der Waals surface area contributed by atoms with Gasteiger partial charge in [0.1, 0.15) is 19.3 Å². The van der Waals surface area contributed by atoms with Gasteiger partial charge in [0.25, 0.3) is 0 Å². The smallest absolute Gasteiger partial charge is 0.462 e. The highest BCUT2D eigenvalue weighted by molar-refractivity contribution is 7.47. The molecule has 0 rings (SSSR count). The van der Waals surface area contributed by atoms with E-state index in [1.165, 1.54) is 173 Å². The van der Waals surface area contributed by atoms with Crippen molar-refractivity contribution in [2.45, 2.75) is 374 Å². The van der Waals surface area contributed by atoms with E-state index < -0.39 is 97.5 Å². The fourth-order valence-corrected chi connectivity index (χ4v) is 12.2. The summed E-state index contributed by atoms with van der Waals surface area (Å²) < 4.78 is 68.3. The van der Waals surface area contributed by atoms with Crippen molar-refractivity contribution in [3.63, 3.8) is 0 Å². The van der Waals surface area contributed by atoms with Gasteiger partial charge in [-0.1, -0.05) is 305 Å². The maximum absolute atomic E-state index is 13.0. The third-order valence-electron chi connectivity index (χ3n) is 16.2. The lowest BCUT2D eigenvalue weighted by Crippen LogP contribution is -2.30. The van der Waals surface area contributed by atoms with E-state index in [0.29, 0.717) is 25.7 Å². The monoisotopic (exact) mass is 1310 g/mol. The van der Waals surface area contributed by atoms with Crippen molar-refractivity contribution in [1.29, 1.82) is 0 Å². The molecule has 0 aromatic carbocycles. The molecule has 0 radical (unpaired) electrons. The Kier molecular flexibility index (Phi) is 60.8. The second-order valence-electron chi connectivity index (χ2n) is 26.2. The lowest BCUT2D eigenvalue weighted by Gasteiger charge is -2.21. The van der Waals surface area contributed by atoms with Crippen LogP contribution in [0.1, 0.15) is 356 Å². The van der Waals surface area contributed by atoms with Crippen molar-refractivity contribution in [3.8, 4) is 0 Å². The highest BCUT2D eigenvalue weighted by atomic mass is 31.2. The van der Waals surface area contributed by atoms with Gasteiger partial charge in [-0.3, -0.25) is 37.3 Å². The van der Waals surface area contributed by atoms with Crippen LogP contribution < -0.4 is 0 Å². The largest absolute Gasteiger partial charge is 0.472 e. The first-order chi connectivity index (χ1) is 42.9. The van der Waals surface area contributed by atoms with Crippen LogP contribution in [0.25, 0.3) is 0 Å². The molecule has 0 aliphatic heterocycles. The number of hydrogen-bond donors (Lipinski definition) is 3. The molecule has 0 heterocycles. The summed E-state index contributed by atoms with van der Waals surface area (Å²) in [4.78, 5) is 72.5. The van der Waals surface area contributed by atoms with E-state index in [1.54, 1.807) is 0 Å². The molecule has 0 fully saturated rings. The summed E-state index contributed by atoms with van der Waals surface area (Å²) in [5, 5.41) is 10.6. The van der Waals surface area contributed by atoms with Crippen LogP contribution >= 0.6 is 15.6 Å². The molecule has 17 nitrogen and oxygen atoms in total. The summed E-state index contributed by atoms with van der Waals surface area (Å²) >= 11 is 0. The lowest BCUT2D eigenvalue weighted by molar-refractivity contribution is -0.161. The number of phosphoric ester groups is 2. The van der Waals surface area contributed by atoms with E-state index in [9.17, 15) is 43.2 Å². The molecular formula is C70H136O17P2. The molecule has 0 aromatic rings. The van der Waals surface area contributed by atoms with Crippen LogP contribution in [0.5, 0.6) is 0 Å². The molecule has 0 aromatic heterocycles. The zero-order valence-corrected chi connectivity index (χ0v) is 59.5. The molecule has 0 amide bonds. The van der Waals surface area contributed by atoms with E-state index in [-0.39, 0.29) is 25.7 Å². The Labute approximate surface area is 543 Å². The van der Waals surface area contributed by atoms with E-state index in [4.69, 9.17) is 37.0 Å². The predicted molar refractivity (Wildman–Crippen MR) is 358 cm³/mol. The van der Waals surface area contributed by atoms with Gasteiger partial charge >= 0.3 is 39.5 Å². The van der Waals surface area contributed by atoms with Crippen LogP contribution in [0.3, 0.4) is 0 Å². The number of carbonyl (C=O) groups is 4. The topological polar surface area (TPSA) is 237 Å². The highest BCUT2D eigenvalue weighted by Gasteiger charge is 2.30. The predicted octanol–water partition coefficient (Wildman–Crippen LogP) is 20.0. The van der Waals surface area contributed by atoms with Crippen molar-refractivity contribution >= 4 is 39.5 Å². The Morgan fingerprint density at radius 1 is 0.303 bits per heavy atom. The molecule has 89 heavy (non-hydrogen) atoms. The van der Waals surface area contributed by atoms with Gasteiger partial charge in [-0.05, 0) is 37.5 Å². The van der Waals surface area contributed by atoms with Gasteiger partial charge in [0.2, 0.25) is 0 Å². The first kappa shape index (κ1) is 87.1. The van der Waals surface area contributed by atoms with Crippen molar-refractivity contribution in [1.82, 2.24) is 0 Å². The minimum atomic E-state index is -4.95. The quantitative estimate of drug-likeness (QED) is 0.0222. The number of esters is 4. The standard InChI is InChI=1S/C70H136O17P2/c1-7-9-11-13-15-17-19-20-21-23-29-36-42-48-54-69(74)86-65(59-81-68(73)53-47-41-35-30-24-26-32-38-44-50-62(3)4)60-84-88(76,77)82-56-64(71)57-83-89(78,79)85-61-66(58-80-67(72)52-46-40-34-28-22-18-16-14-12-10-8-2)87-70(75)55-49-43-37-31-25-27-33-39-45-51-63(5)6/h62-66,71H,7-61H2,1-6H3,(H,76,77)(H,78,79)/t64-,65-,66-/m1/s1. The molecule has 0 aliphatic rings. The summed E-state index contributed by atoms with van der Waals surface area (Å²) in [5.74, 6) is -0.642. The van der Waals surface area contributed by atoms with E-state index in [2.05, 4.69) is 41.5 Å². The van der Waals surface area contributed by atoms with Gasteiger partial charge in [0.15, 0.2) is 12.2 Å². The van der Waals surface area contributed by atoms with Crippen LogP contribution in [0, 0.1) is 11.8 Å². The Morgan fingerprint density at radius 2 is 0.517 bits per heavy atom. The first-order valence-electron chi connectivity index (χ1n) is 36.5. The second kappa shape index (κ2) is 62.2. The van der Waals surface area contributed by atoms with E-state index in [1.807, 2.05) is 0 Å². The molecule has 3 N–H and O–H groups in total. The number of ether oxygens (including phenoxy) is 4. The average Bonchev–Trinajstić information content (AvgIpc) is 3.68. The molecular weight excluding hydrogens is 1170 g/mol. The number of aliphatic hydroxyl groups is 1. The van der Waals surface area contributed by atoms with Gasteiger partial charge in [0.05, 0.1) is 26.4 Å². The van der Waals surface area contributed by atoms with Crippen molar-refractivity contribution in [2.75, 3.05) is 39.6 Å². The summed E-state index contributed by atoms with van der Waals surface area (Å²) in [6.45, 7) is 9.51. The average molecular weight is 1310 g/mol. The number of carbonyl (C=O) groups excluding carboxylic acids is 4. The zero-order chi connectivity index (χ0) is 65.7. The minimum Gasteiger partial charge on any atom is -0.462 e. The van der Waals surface area contributed by atoms with Gasteiger partial charge in [-0.2, -0.15) is 0 Å². The molecule has 2 unspecified atom stereocenters. The van der Waals surface area contributed by atoms with Gasteiger partial charge in [-0.25, -0.2) is 9.13 Å². The van der Waals surface area contributed by atoms with E-state index >= 15 is 0 Å². The third kappa shape index (κ3) is 64.6. The summed E-state index contributed by atoms with van der Waals surface area (Å²) in [6.07, 6.45) is 47.1. The van der Waals surface area contributed by atoms with Crippen molar-refractivity contribution in [2.24, 2.45) is 11.8 Å². The second-order valence-corrected chi connectivity index (χ2v) is 29.1. The zero-order valence-electron chi connectivity index (χ0n) is 57.7. The fourth-order valence-electron chi connectivity index (χ4n) is 10.6. The Balaban J connectivity index is 5.26. The third-order valence-corrected chi connectivity index (χ3v) is 18.1. The number of phosphoric acid groups is 2. The maximum Gasteiger partial charge on any atom is 0.472 e. The molecule has 19 heteroatoms.